The SMILES string of the molecule is O=C(c1ccccn1)N1CCCc2c(F)cc(Br)cc21. The summed E-state index contributed by atoms with van der Waals surface area (Å²) in [6, 6.07) is 8.43. The van der Waals surface area contributed by atoms with Gasteiger partial charge < -0.3 is 4.90 Å². The lowest BCUT2D eigenvalue weighted by molar-refractivity contribution is 0.0980. The van der Waals surface area contributed by atoms with Crippen LogP contribution in [0.2, 0.25) is 0 Å². The number of carbonyl (C=O) groups excluding carboxylic acids is 1. The van der Waals surface area contributed by atoms with Crippen molar-refractivity contribution in [1.29, 1.82) is 0 Å². The second kappa shape index (κ2) is 5.32. The zero-order chi connectivity index (χ0) is 14.1. The predicted molar refractivity (Wildman–Crippen MR) is 78.3 cm³/mol. The fourth-order valence-electron chi connectivity index (χ4n) is 2.45. The molecule has 1 amide bonds. The quantitative estimate of drug-likeness (QED) is 0.798. The van der Waals surface area contributed by atoms with Gasteiger partial charge in [-0.3, -0.25) is 9.78 Å². The second-order valence-electron chi connectivity index (χ2n) is 4.66. The van der Waals surface area contributed by atoms with Crippen LogP contribution in [0.4, 0.5) is 10.1 Å². The Balaban J connectivity index is 2.04. The Morgan fingerprint density at radius 2 is 2.20 bits per heavy atom. The standard InChI is InChI=1S/C15H12BrFN2O/c16-10-8-12(17)11-4-3-7-19(14(11)9-10)15(20)13-5-1-2-6-18-13/h1-2,5-6,8-9H,3-4,7H2. The zero-order valence-electron chi connectivity index (χ0n) is 10.6. The van der Waals surface area contributed by atoms with Crippen LogP contribution in [-0.4, -0.2) is 17.4 Å². The van der Waals surface area contributed by atoms with Crippen molar-refractivity contribution in [3.63, 3.8) is 0 Å². The molecule has 1 aromatic carbocycles. The molecule has 0 saturated carbocycles. The van der Waals surface area contributed by atoms with Gasteiger partial charge in [0.05, 0.1) is 5.69 Å². The molecule has 102 valence electrons. The first-order valence-corrected chi connectivity index (χ1v) is 7.17. The summed E-state index contributed by atoms with van der Waals surface area (Å²) >= 11 is 3.28. The summed E-state index contributed by atoms with van der Waals surface area (Å²) in [5.74, 6) is -0.461. The maximum absolute atomic E-state index is 14.0. The normalized spacial score (nSPS) is 14.0. The Kier molecular flexibility index (Phi) is 3.53. The van der Waals surface area contributed by atoms with Gasteiger partial charge in [0.1, 0.15) is 11.5 Å². The number of amides is 1. The van der Waals surface area contributed by atoms with Crippen molar-refractivity contribution in [3.05, 3.63) is 58.1 Å². The minimum atomic E-state index is -0.270. The molecule has 2 aromatic rings. The highest BCUT2D eigenvalue weighted by Gasteiger charge is 2.26. The smallest absolute Gasteiger partial charge is 0.276 e. The highest BCUT2D eigenvalue weighted by atomic mass is 79.9. The molecule has 0 radical (unpaired) electrons. The van der Waals surface area contributed by atoms with Gasteiger partial charge in [0.2, 0.25) is 0 Å². The molecule has 1 aromatic heterocycles. The van der Waals surface area contributed by atoms with E-state index in [2.05, 4.69) is 20.9 Å². The minimum Gasteiger partial charge on any atom is -0.307 e. The molecule has 0 aliphatic carbocycles. The third-order valence-corrected chi connectivity index (χ3v) is 3.82. The Labute approximate surface area is 124 Å². The monoisotopic (exact) mass is 334 g/mol. The first-order valence-electron chi connectivity index (χ1n) is 6.37. The lowest BCUT2D eigenvalue weighted by atomic mass is 10.0. The van der Waals surface area contributed by atoms with E-state index in [0.717, 1.165) is 6.42 Å². The largest absolute Gasteiger partial charge is 0.307 e. The van der Waals surface area contributed by atoms with E-state index < -0.39 is 0 Å². The summed E-state index contributed by atoms with van der Waals surface area (Å²) in [6.45, 7) is 0.582. The van der Waals surface area contributed by atoms with Crippen LogP contribution in [0.5, 0.6) is 0 Å². The molecule has 2 heterocycles. The van der Waals surface area contributed by atoms with E-state index in [4.69, 9.17) is 0 Å². The number of halogens is 2. The highest BCUT2D eigenvalue weighted by molar-refractivity contribution is 9.10. The first kappa shape index (κ1) is 13.2. The van der Waals surface area contributed by atoms with Crippen molar-refractivity contribution in [2.75, 3.05) is 11.4 Å². The van der Waals surface area contributed by atoms with Crippen LogP contribution in [0.15, 0.2) is 41.0 Å². The lowest BCUT2D eigenvalue weighted by Gasteiger charge is -2.29. The van der Waals surface area contributed by atoms with Gasteiger partial charge >= 0.3 is 0 Å². The number of carbonyl (C=O) groups is 1. The summed E-state index contributed by atoms with van der Waals surface area (Å²) in [5, 5.41) is 0. The molecule has 0 unspecified atom stereocenters. The van der Waals surface area contributed by atoms with Crippen molar-refractivity contribution in [1.82, 2.24) is 4.98 Å². The van der Waals surface area contributed by atoms with E-state index in [1.807, 2.05) is 0 Å². The van der Waals surface area contributed by atoms with Crippen molar-refractivity contribution >= 4 is 27.5 Å². The number of pyridine rings is 1. The number of nitrogens with zero attached hydrogens (tertiary/aromatic N) is 2. The molecule has 1 aliphatic heterocycles. The summed E-state index contributed by atoms with van der Waals surface area (Å²) < 4.78 is 14.6. The molecule has 0 N–H and O–H groups in total. The number of hydrogen-bond acceptors (Lipinski definition) is 2. The third-order valence-electron chi connectivity index (χ3n) is 3.37. The Morgan fingerprint density at radius 3 is 2.95 bits per heavy atom. The fraction of sp³-hybridized carbons (Fsp3) is 0.200. The number of aromatic nitrogens is 1. The van der Waals surface area contributed by atoms with E-state index >= 15 is 0 Å². The molecule has 0 fully saturated rings. The van der Waals surface area contributed by atoms with Crippen molar-refractivity contribution < 1.29 is 9.18 Å². The van der Waals surface area contributed by atoms with Crippen LogP contribution in [0.25, 0.3) is 0 Å². The van der Waals surface area contributed by atoms with Crippen LogP contribution in [-0.2, 0) is 6.42 Å². The van der Waals surface area contributed by atoms with Crippen molar-refractivity contribution in [2.45, 2.75) is 12.8 Å². The molecule has 0 spiro atoms. The predicted octanol–water partition coefficient (Wildman–Crippen LogP) is 3.58. The third kappa shape index (κ3) is 2.33. The molecule has 0 saturated heterocycles. The van der Waals surface area contributed by atoms with E-state index in [-0.39, 0.29) is 11.7 Å². The molecule has 20 heavy (non-hydrogen) atoms. The number of benzene rings is 1. The zero-order valence-corrected chi connectivity index (χ0v) is 12.2. The molecule has 3 rings (SSSR count). The van der Waals surface area contributed by atoms with Crippen LogP contribution >= 0.6 is 15.9 Å². The summed E-state index contributed by atoms with van der Waals surface area (Å²) in [5.41, 5.74) is 1.61. The molecule has 1 aliphatic rings. The summed E-state index contributed by atoms with van der Waals surface area (Å²) in [7, 11) is 0. The summed E-state index contributed by atoms with van der Waals surface area (Å²) in [4.78, 5) is 18.2. The van der Waals surface area contributed by atoms with E-state index in [9.17, 15) is 9.18 Å². The molecule has 0 bridgehead atoms. The van der Waals surface area contributed by atoms with Gasteiger partial charge in [0.15, 0.2) is 0 Å². The number of hydrogen-bond donors (Lipinski definition) is 0. The van der Waals surface area contributed by atoms with Gasteiger partial charge in [-0.2, -0.15) is 0 Å². The van der Waals surface area contributed by atoms with Gasteiger partial charge in [-0.25, -0.2) is 4.39 Å². The van der Waals surface area contributed by atoms with Crippen LogP contribution < -0.4 is 4.90 Å². The first-order chi connectivity index (χ1) is 9.66. The van der Waals surface area contributed by atoms with Gasteiger partial charge in [0, 0.05) is 22.8 Å². The molecule has 3 nitrogen and oxygen atoms in total. The van der Waals surface area contributed by atoms with E-state index in [1.54, 1.807) is 35.4 Å². The van der Waals surface area contributed by atoms with Gasteiger partial charge in [-0.1, -0.05) is 22.0 Å². The van der Waals surface area contributed by atoms with Gasteiger partial charge in [-0.15, -0.1) is 0 Å². The minimum absolute atomic E-state index is 0.191. The van der Waals surface area contributed by atoms with Crippen LogP contribution in [0, 0.1) is 5.82 Å². The number of fused-ring (bicyclic) bond motifs is 1. The topological polar surface area (TPSA) is 33.2 Å². The maximum atomic E-state index is 14.0. The number of anilines is 1. The maximum Gasteiger partial charge on any atom is 0.276 e. The van der Waals surface area contributed by atoms with Crippen molar-refractivity contribution in [3.8, 4) is 0 Å². The highest BCUT2D eigenvalue weighted by Crippen LogP contribution is 2.33. The average molecular weight is 335 g/mol. The summed E-state index contributed by atoms with van der Waals surface area (Å²) in [6.07, 6.45) is 2.99. The second-order valence-corrected chi connectivity index (χ2v) is 5.58. The average Bonchev–Trinajstić information content (AvgIpc) is 2.47. The van der Waals surface area contributed by atoms with E-state index in [0.29, 0.717) is 34.4 Å². The molecular formula is C15H12BrFN2O. The number of rotatable bonds is 1. The fourth-order valence-corrected chi connectivity index (χ4v) is 2.87. The Morgan fingerprint density at radius 1 is 1.35 bits per heavy atom. The van der Waals surface area contributed by atoms with Gasteiger partial charge in [-0.05, 0) is 37.1 Å². The van der Waals surface area contributed by atoms with Crippen molar-refractivity contribution in [2.24, 2.45) is 0 Å². The molecular weight excluding hydrogens is 323 g/mol. The lowest BCUT2D eigenvalue weighted by Crippen LogP contribution is -2.36. The molecule has 0 atom stereocenters. The Bertz CT molecular complexity index is 660. The Hall–Kier alpha value is -1.75. The van der Waals surface area contributed by atoms with E-state index in [1.165, 1.54) is 6.07 Å². The van der Waals surface area contributed by atoms with Crippen LogP contribution in [0.3, 0.4) is 0 Å². The molecule has 5 heteroatoms. The van der Waals surface area contributed by atoms with Gasteiger partial charge in [0.25, 0.3) is 5.91 Å². The van der Waals surface area contributed by atoms with Crippen LogP contribution in [0.1, 0.15) is 22.5 Å².